The van der Waals surface area contributed by atoms with Crippen molar-refractivity contribution in [2.75, 3.05) is 0 Å². The van der Waals surface area contributed by atoms with E-state index >= 15 is 0 Å². The van der Waals surface area contributed by atoms with Gasteiger partial charge in [-0.05, 0) is 23.8 Å². The summed E-state index contributed by atoms with van der Waals surface area (Å²) in [5.41, 5.74) is 0. The van der Waals surface area contributed by atoms with Crippen LogP contribution >= 0.6 is 7.92 Å². The van der Waals surface area contributed by atoms with Gasteiger partial charge in [-0.15, -0.1) is 17.5 Å². The third-order valence-electron chi connectivity index (χ3n) is 3.91. The first-order valence-electron chi connectivity index (χ1n) is 7.47. The fraction of sp³-hybridized carbons (Fsp3) is 0. The number of hydrogen-bond acceptors (Lipinski definition) is 0. The van der Waals surface area contributed by atoms with Crippen LogP contribution in [0.4, 0.5) is 0 Å². The van der Waals surface area contributed by atoms with E-state index in [9.17, 15) is 0 Å². The predicted molar refractivity (Wildman–Crippen MR) is 98.2 cm³/mol. The third-order valence-corrected chi connectivity index (χ3v) is 6.33. The Bertz CT molecular complexity index is 852. The Labute approximate surface area is 181 Å². The summed E-state index contributed by atoms with van der Waals surface area (Å²) in [5, 5.41) is 6.85. The van der Waals surface area contributed by atoms with E-state index in [0.717, 1.165) is 0 Å². The minimum Gasteiger partial charge on any atom is -1.00 e. The molecule has 0 spiro atoms. The predicted octanol–water partition coefficient (Wildman–Crippen LogP) is -1.68. The first-order valence-corrected chi connectivity index (χ1v) is 8.82. The second-order valence-corrected chi connectivity index (χ2v) is 7.57. The molecule has 25 heavy (non-hydrogen) atoms. The van der Waals surface area contributed by atoms with Gasteiger partial charge in [-0.3, -0.25) is 0 Å². The van der Waals surface area contributed by atoms with E-state index in [0.29, 0.717) is 0 Å². The summed E-state index contributed by atoms with van der Waals surface area (Å²) in [4.78, 5) is 0. The summed E-state index contributed by atoms with van der Waals surface area (Å²) in [7, 11) is -0.500. The number of fused-ring (bicyclic) bond motifs is 1. The molecular formula is C21H16Cl2PZr. The van der Waals surface area contributed by atoms with E-state index in [1.807, 2.05) is 0 Å². The maximum absolute atomic E-state index is 2.35. The molecule has 0 aliphatic rings. The maximum Gasteiger partial charge on any atom is 3.00 e. The van der Waals surface area contributed by atoms with Crippen LogP contribution in [0.15, 0.2) is 97.1 Å². The van der Waals surface area contributed by atoms with Crippen LogP contribution in [0.2, 0.25) is 0 Å². The van der Waals surface area contributed by atoms with Crippen LogP contribution in [0.1, 0.15) is 0 Å². The molecule has 0 aliphatic heterocycles. The minimum absolute atomic E-state index is 0. The Hall–Kier alpha value is -0.837. The quantitative estimate of drug-likeness (QED) is 0.253. The molecule has 0 fully saturated rings. The summed E-state index contributed by atoms with van der Waals surface area (Å²) in [6.07, 6.45) is 0. The number of rotatable bonds is 3. The second kappa shape index (κ2) is 10.3. The molecule has 0 nitrogen and oxygen atoms in total. The van der Waals surface area contributed by atoms with Crippen LogP contribution in [0.3, 0.4) is 0 Å². The van der Waals surface area contributed by atoms with Gasteiger partial charge in [0.05, 0.1) is 0 Å². The standard InChI is InChI=1S/C21H16P.2ClH.Zr/c1-3-10-19(11-4-1)22(20-12-5-2-6-13-20)21-15-14-17-8-7-9-18(17)16-21;;;/h1-16H;2*1H;/q-1;;;+3/p-2. The van der Waals surface area contributed by atoms with Crippen LogP contribution in [0.5, 0.6) is 0 Å². The molecule has 0 atom stereocenters. The van der Waals surface area contributed by atoms with Gasteiger partial charge in [0.15, 0.2) is 0 Å². The summed E-state index contributed by atoms with van der Waals surface area (Å²) >= 11 is 0. The third kappa shape index (κ3) is 4.87. The van der Waals surface area contributed by atoms with Gasteiger partial charge in [0.25, 0.3) is 0 Å². The summed E-state index contributed by atoms with van der Waals surface area (Å²) < 4.78 is 0. The number of hydrogen-bond donors (Lipinski definition) is 0. The SMILES string of the molecule is [Cl-].[Cl-].[Zr+3].c1ccc(P(c2ccccc2)c2ccc3[cH-]ccc3c2)cc1. The summed E-state index contributed by atoms with van der Waals surface area (Å²) in [6, 6.07) is 35.1. The van der Waals surface area contributed by atoms with Crippen molar-refractivity contribution in [3.8, 4) is 0 Å². The molecule has 0 saturated heterocycles. The molecule has 4 aromatic carbocycles. The van der Waals surface area contributed by atoms with Gasteiger partial charge in [-0.25, -0.2) is 0 Å². The minimum atomic E-state index is -0.500. The van der Waals surface area contributed by atoms with E-state index in [1.165, 1.54) is 26.7 Å². The number of halogens is 2. The largest absolute Gasteiger partial charge is 3.00 e. The van der Waals surface area contributed by atoms with E-state index in [-0.39, 0.29) is 51.0 Å². The molecule has 0 unspecified atom stereocenters. The van der Waals surface area contributed by atoms with E-state index in [4.69, 9.17) is 0 Å². The van der Waals surface area contributed by atoms with Crippen LogP contribution in [0.25, 0.3) is 10.8 Å². The molecule has 0 aliphatic carbocycles. The average molecular weight is 461 g/mol. The van der Waals surface area contributed by atoms with Gasteiger partial charge in [0, 0.05) is 0 Å². The number of benzene rings is 3. The fourth-order valence-corrected chi connectivity index (χ4v) is 5.18. The summed E-state index contributed by atoms with van der Waals surface area (Å²) in [6.45, 7) is 0. The average Bonchev–Trinajstić information content (AvgIpc) is 3.05. The Balaban J connectivity index is 0.00000104. The molecule has 0 saturated carbocycles. The van der Waals surface area contributed by atoms with E-state index in [2.05, 4.69) is 97.1 Å². The van der Waals surface area contributed by atoms with Crippen molar-refractivity contribution in [3.05, 3.63) is 97.1 Å². The van der Waals surface area contributed by atoms with Crippen LogP contribution in [0, 0.1) is 0 Å². The second-order valence-electron chi connectivity index (χ2n) is 5.35. The Morgan fingerprint density at radius 3 is 1.72 bits per heavy atom. The van der Waals surface area contributed by atoms with Crippen molar-refractivity contribution in [1.82, 2.24) is 0 Å². The van der Waals surface area contributed by atoms with Crippen molar-refractivity contribution < 1.29 is 51.0 Å². The zero-order valence-electron chi connectivity index (χ0n) is 13.4. The van der Waals surface area contributed by atoms with Crippen LogP contribution in [-0.4, -0.2) is 0 Å². The molecule has 0 N–H and O–H groups in total. The van der Waals surface area contributed by atoms with Crippen LogP contribution < -0.4 is 40.7 Å². The van der Waals surface area contributed by atoms with Gasteiger partial charge >= 0.3 is 26.2 Å². The van der Waals surface area contributed by atoms with E-state index < -0.39 is 7.92 Å². The fourth-order valence-electron chi connectivity index (χ4n) is 2.85. The first-order chi connectivity index (χ1) is 10.9. The van der Waals surface area contributed by atoms with E-state index in [1.54, 1.807) is 0 Å². The molecule has 0 bridgehead atoms. The molecule has 0 amide bonds. The monoisotopic (exact) mass is 459 g/mol. The van der Waals surface area contributed by atoms with Gasteiger partial charge in [0.2, 0.25) is 0 Å². The molecule has 4 aromatic rings. The van der Waals surface area contributed by atoms with Gasteiger partial charge < -0.3 is 24.8 Å². The van der Waals surface area contributed by atoms with Crippen molar-refractivity contribution >= 4 is 34.6 Å². The zero-order valence-corrected chi connectivity index (χ0v) is 18.3. The van der Waals surface area contributed by atoms with Crippen LogP contribution in [-0.2, 0) is 26.2 Å². The molecule has 1 radical (unpaired) electrons. The van der Waals surface area contributed by atoms with Gasteiger partial charge in [-0.1, -0.05) is 72.8 Å². The smallest absolute Gasteiger partial charge is 1.00 e. The Morgan fingerprint density at radius 1 is 0.600 bits per heavy atom. The topological polar surface area (TPSA) is 0 Å². The van der Waals surface area contributed by atoms with Gasteiger partial charge in [-0.2, -0.15) is 17.5 Å². The van der Waals surface area contributed by atoms with Crippen molar-refractivity contribution in [2.24, 2.45) is 0 Å². The van der Waals surface area contributed by atoms with Crippen molar-refractivity contribution in [1.29, 1.82) is 0 Å². The Morgan fingerprint density at radius 2 is 1.16 bits per heavy atom. The van der Waals surface area contributed by atoms with Crippen molar-refractivity contribution in [2.45, 2.75) is 0 Å². The van der Waals surface area contributed by atoms with Crippen molar-refractivity contribution in [3.63, 3.8) is 0 Å². The molecule has 0 heterocycles. The first kappa shape index (κ1) is 22.2. The molecule has 4 heteroatoms. The zero-order chi connectivity index (χ0) is 14.8. The molecule has 0 aromatic heterocycles. The maximum atomic E-state index is 2.35. The Kier molecular flexibility index (Phi) is 9.19. The molecule has 4 rings (SSSR count). The normalized spacial score (nSPS) is 9.80. The van der Waals surface area contributed by atoms with Gasteiger partial charge in [0.1, 0.15) is 0 Å². The molecule has 123 valence electrons. The molecular weight excluding hydrogens is 445 g/mol. The summed E-state index contributed by atoms with van der Waals surface area (Å²) in [5.74, 6) is 0.